The van der Waals surface area contributed by atoms with Gasteiger partial charge in [-0.15, -0.1) is 0 Å². The van der Waals surface area contributed by atoms with Crippen molar-refractivity contribution in [2.75, 3.05) is 18.7 Å². The van der Waals surface area contributed by atoms with Gasteiger partial charge in [-0.05, 0) is 48.0 Å². The van der Waals surface area contributed by atoms with E-state index in [2.05, 4.69) is 15.2 Å². The number of anilines is 1. The second kappa shape index (κ2) is 8.10. The lowest BCUT2D eigenvalue weighted by molar-refractivity contribution is -0.114. The van der Waals surface area contributed by atoms with Gasteiger partial charge in [-0.2, -0.15) is 15.2 Å². The van der Waals surface area contributed by atoms with Gasteiger partial charge in [0.1, 0.15) is 12.7 Å². The minimum Gasteiger partial charge on any atom is -0.478 e. The zero-order chi connectivity index (χ0) is 21.1. The topological polar surface area (TPSA) is 110 Å². The maximum absolute atomic E-state index is 13.0. The van der Waals surface area contributed by atoms with E-state index in [4.69, 9.17) is 9.84 Å². The summed E-state index contributed by atoms with van der Waals surface area (Å²) in [5.74, 6) is -1.35. The van der Waals surface area contributed by atoms with E-state index in [0.29, 0.717) is 17.0 Å². The lowest BCUT2D eigenvalue weighted by atomic mass is 10.1. The van der Waals surface area contributed by atoms with Crippen LogP contribution in [0.5, 0.6) is 0 Å². The first-order valence-corrected chi connectivity index (χ1v) is 8.98. The molecule has 3 aromatic rings. The summed E-state index contributed by atoms with van der Waals surface area (Å²) in [4.78, 5) is 28.0. The first-order chi connectivity index (χ1) is 14.6. The molecule has 2 heterocycles. The van der Waals surface area contributed by atoms with Crippen molar-refractivity contribution < 1.29 is 19.4 Å². The van der Waals surface area contributed by atoms with Crippen molar-refractivity contribution >= 4 is 29.4 Å². The maximum Gasteiger partial charge on any atom is 0.335 e. The average molecular weight is 403 g/mol. The highest BCUT2D eigenvalue weighted by atomic mass is 16.5. The molecular formula is C21H17N5O4. The monoisotopic (exact) mass is 403 g/mol. The summed E-state index contributed by atoms with van der Waals surface area (Å²) in [5, 5.41) is 18.8. The van der Waals surface area contributed by atoms with Crippen LogP contribution in [0.4, 0.5) is 5.69 Å². The number of ether oxygens (including phenoxy) is 1. The van der Waals surface area contributed by atoms with Crippen LogP contribution in [0.15, 0.2) is 71.9 Å². The fraction of sp³-hybridized carbons (Fsp3) is 0.0952. The highest BCUT2D eigenvalue weighted by Gasteiger charge is 2.31. The summed E-state index contributed by atoms with van der Waals surface area (Å²) in [6, 6.07) is 13.4. The van der Waals surface area contributed by atoms with E-state index < -0.39 is 5.97 Å². The van der Waals surface area contributed by atoms with Gasteiger partial charge in [-0.3, -0.25) is 4.79 Å². The van der Waals surface area contributed by atoms with E-state index in [-0.39, 0.29) is 18.1 Å². The second-order valence-electron chi connectivity index (χ2n) is 6.44. The van der Waals surface area contributed by atoms with E-state index in [9.17, 15) is 9.59 Å². The van der Waals surface area contributed by atoms with E-state index >= 15 is 0 Å². The molecule has 0 atom stereocenters. The maximum atomic E-state index is 13.0. The third-order valence-electron chi connectivity index (χ3n) is 4.48. The molecule has 9 heteroatoms. The van der Waals surface area contributed by atoms with Gasteiger partial charge in [0.05, 0.1) is 34.8 Å². The number of hydrazone groups is 1. The minimum absolute atomic E-state index is 0.134. The lowest BCUT2D eigenvalue weighted by Crippen LogP contribution is -2.21. The van der Waals surface area contributed by atoms with Crippen LogP contribution in [0.1, 0.15) is 15.9 Å². The Bertz CT molecular complexity index is 1130. The Kier molecular flexibility index (Phi) is 5.19. The molecule has 0 saturated heterocycles. The molecule has 0 aliphatic carbocycles. The zero-order valence-corrected chi connectivity index (χ0v) is 16.0. The van der Waals surface area contributed by atoms with E-state index in [1.54, 1.807) is 29.2 Å². The van der Waals surface area contributed by atoms with E-state index in [1.807, 2.05) is 24.3 Å². The molecule has 2 aromatic carbocycles. The largest absolute Gasteiger partial charge is 0.478 e. The fourth-order valence-electron chi connectivity index (χ4n) is 3.00. The molecule has 0 spiro atoms. The van der Waals surface area contributed by atoms with Crippen LogP contribution >= 0.6 is 0 Å². The van der Waals surface area contributed by atoms with E-state index in [1.165, 1.54) is 30.6 Å². The van der Waals surface area contributed by atoms with Crippen LogP contribution in [-0.2, 0) is 9.53 Å². The molecule has 1 amide bonds. The number of amides is 1. The first-order valence-electron chi connectivity index (χ1n) is 8.98. The molecule has 0 radical (unpaired) electrons. The third kappa shape index (κ3) is 3.74. The summed E-state index contributed by atoms with van der Waals surface area (Å²) in [7, 11) is 1.53. The van der Waals surface area contributed by atoms with Crippen molar-refractivity contribution in [2.45, 2.75) is 0 Å². The smallest absolute Gasteiger partial charge is 0.335 e. The van der Waals surface area contributed by atoms with Gasteiger partial charge < -0.3 is 9.84 Å². The molecule has 150 valence electrons. The van der Waals surface area contributed by atoms with Crippen LogP contribution in [0.25, 0.3) is 11.8 Å². The van der Waals surface area contributed by atoms with E-state index in [0.717, 1.165) is 11.3 Å². The van der Waals surface area contributed by atoms with Crippen molar-refractivity contribution in [3.05, 3.63) is 77.9 Å². The molecule has 1 aromatic heterocycles. The molecular weight excluding hydrogens is 386 g/mol. The number of carboxylic acids is 1. The standard InChI is InChI=1S/C21H17N5O4/c1-30-11-19-18(10-14-2-6-16(7-3-14)25-13-22-12-23-25)20(27)26(24-19)17-8-4-15(5-9-17)21(28)29/h2-10,12-13H,11H2,1H3,(H,28,29)/b18-10-. The number of aromatic carboxylic acids is 1. The number of carboxylic acid groups (broad SMARTS) is 1. The number of rotatable bonds is 6. The number of carbonyl (C=O) groups is 2. The molecule has 4 rings (SSSR count). The predicted octanol–water partition coefficient (Wildman–Crippen LogP) is 2.40. The van der Waals surface area contributed by atoms with Crippen LogP contribution in [0.2, 0.25) is 0 Å². The van der Waals surface area contributed by atoms with Gasteiger partial charge >= 0.3 is 5.97 Å². The Labute approximate surface area is 171 Å². The SMILES string of the molecule is COCC1=NN(c2ccc(C(=O)O)cc2)C(=O)/C1=C\c1ccc(-n2cncn2)cc1. The van der Waals surface area contributed by atoms with Crippen molar-refractivity contribution in [1.82, 2.24) is 14.8 Å². The number of hydrogen-bond donors (Lipinski definition) is 1. The number of methoxy groups -OCH3 is 1. The molecule has 1 aliphatic rings. The highest BCUT2D eigenvalue weighted by Crippen LogP contribution is 2.26. The molecule has 0 unspecified atom stereocenters. The van der Waals surface area contributed by atoms with Gasteiger partial charge in [-0.1, -0.05) is 12.1 Å². The summed E-state index contributed by atoms with van der Waals surface area (Å²) in [5.41, 5.74) is 3.17. The Balaban J connectivity index is 1.63. The van der Waals surface area contributed by atoms with Crippen molar-refractivity contribution in [3.63, 3.8) is 0 Å². The van der Waals surface area contributed by atoms with Crippen LogP contribution in [0, 0.1) is 0 Å². The molecule has 1 aliphatic heterocycles. The Morgan fingerprint density at radius 1 is 1.10 bits per heavy atom. The Morgan fingerprint density at radius 2 is 1.80 bits per heavy atom. The number of nitrogens with zero attached hydrogens (tertiary/aromatic N) is 5. The second-order valence-corrected chi connectivity index (χ2v) is 6.44. The predicted molar refractivity (Wildman–Crippen MR) is 110 cm³/mol. The summed E-state index contributed by atoms with van der Waals surface area (Å²) in [6.07, 6.45) is 4.81. The summed E-state index contributed by atoms with van der Waals surface area (Å²) < 4.78 is 6.84. The summed E-state index contributed by atoms with van der Waals surface area (Å²) >= 11 is 0. The van der Waals surface area contributed by atoms with Gasteiger partial charge in [-0.25, -0.2) is 14.5 Å². The first kappa shape index (κ1) is 19.2. The van der Waals surface area contributed by atoms with Gasteiger partial charge in [0, 0.05) is 7.11 Å². The van der Waals surface area contributed by atoms with Gasteiger partial charge in [0.2, 0.25) is 0 Å². The summed E-state index contributed by atoms with van der Waals surface area (Å²) in [6.45, 7) is 0.165. The fourth-order valence-corrected chi connectivity index (χ4v) is 3.00. The van der Waals surface area contributed by atoms with Crippen molar-refractivity contribution in [2.24, 2.45) is 5.10 Å². The molecule has 0 saturated carbocycles. The van der Waals surface area contributed by atoms with Crippen LogP contribution in [0.3, 0.4) is 0 Å². The molecule has 9 nitrogen and oxygen atoms in total. The number of hydrogen-bond acceptors (Lipinski definition) is 6. The third-order valence-corrected chi connectivity index (χ3v) is 4.48. The number of carbonyl (C=O) groups excluding carboxylic acids is 1. The Morgan fingerprint density at radius 3 is 2.40 bits per heavy atom. The van der Waals surface area contributed by atoms with Crippen molar-refractivity contribution in [1.29, 1.82) is 0 Å². The molecule has 0 bridgehead atoms. The molecule has 1 N–H and O–H groups in total. The molecule has 30 heavy (non-hydrogen) atoms. The zero-order valence-electron chi connectivity index (χ0n) is 16.0. The van der Waals surface area contributed by atoms with Crippen LogP contribution < -0.4 is 5.01 Å². The lowest BCUT2D eigenvalue weighted by Gasteiger charge is -2.11. The van der Waals surface area contributed by atoms with Gasteiger partial charge in [0.25, 0.3) is 5.91 Å². The Hall–Kier alpha value is -4.11. The minimum atomic E-state index is -1.03. The highest BCUT2D eigenvalue weighted by molar-refractivity contribution is 6.33. The van der Waals surface area contributed by atoms with Crippen LogP contribution in [-0.4, -0.2) is 51.2 Å². The van der Waals surface area contributed by atoms with Crippen molar-refractivity contribution in [3.8, 4) is 5.69 Å². The molecule has 0 fully saturated rings. The van der Waals surface area contributed by atoms with Gasteiger partial charge in [0.15, 0.2) is 0 Å². The quantitative estimate of drug-likeness (QED) is 0.633. The number of benzene rings is 2. The average Bonchev–Trinajstić information content (AvgIpc) is 3.39. The normalized spacial score (nSPS) is 15.0. The number of aromatic nitrogens is 3.